The van der Waals surface area contributed by atoms with Crippen molar-refractivity contribution in [1.29, 1.82) is 0 Å². The normalized spacial score (nSPS) is 15.8. The second-order valence-corrected chi connectivity index (χ2v) is 5.68. The summed E-state index contributed by atoms with van der Waals surface area (Å²) in [6.45, 7) is 1.97. The van der Waals surface area contributed by atoms with Crippen LogP contribution in [0.2, 0.25) is 0 Å². The Labute approximate surface area is 143 Å². The van der Waals surface area contributed by atoms with E-state index in [0.29, 0.717) is 23.7 Å². The summed E-state index contributed by atoms with van der Waals surface area (Å²) in [5.74, 6) is -0.0557. The highest BCUT2D eigenvalue weighted by molar-refractivity contribution is 8.18. The summed E-state index contributed by atoms with van der Waals surface area (Å²) >= 11 is 0.776. The number of carbonyl (C=O) groups is 3. The van der Waals surface area contributed by atoms with Crippen molar-refractivity contribution in [3.8, 4) is 11.5 Å². The highest BCUT2D eigenvalue weighted by atomic mass is 32.2. The average molecular weight is 351 g/mol. The van der Waals surface area contributed by atoms with Gasteiger partial charge in [-0.15, -0.1) is 0 Å². The molecule has 8 heteroatoms. The van der Waals surface area contributed by atoms with Crippen molar-refractivity contribution in [2.24, 2.45) is 0 Å². The lowest BCUT2D eigenvalue weighted by atomic mass is 10.2. The molecule has 24 heavy (non-hydrogen) atoms. The smallest absolute Gasteiger partial charge is 0.325 e. The van der Waals surface area contributed by atoms with Crippen LogP contribution < -0.4 is 9.47 Å². The summed E-state index contributed by atoms with van der Waals surface area (Å²) < 4.78 is 15.2. The molecule has 1 saturated heterocycles. The molecular formula is C16H17NO6S. The number of methoxy groups -OCH3 is 2. The molecule has 0 saturated carbocycles. The van der Waals surface area contributed by atoms with E-state index in [1.807, 2.05) is 6.92 Å². The van der Waals surface area contributed by atoms with Gasteiger partial charge in [-0.2, -0.15) is 0 Å². The summed E-state index contributed by atoms with van der Waals surface area (Å²) in [4.78, 5) is 36.5. The standard InChI is InChI=1S/C16H17NO6S/c1-4-23-11-6-5-10(7-12(11)21-2)8-13-15(19)17(16(20)24-13)9-14(18)22-3/h5-8H,4,9H2,1-3H3/b13-8+. The summed E-state index contributed by atoms with van der Waals surface area (Å²) in [6.07, 6.45) is 1.57. The summed E-state index contributed by atoms with van der Waals surface area (Å²) in [7, 11) is 2.72. The molecule has 2 rings (SSSR count). The largest absolute Gasteiger partial charge is 0.493 e. The number of hydrogen-bond donors (Lipinski definition) is 0. The number of rotatable bonds is 6. The molecule has 1 aliphatic heterocycles. The van der Waals surface area contributed by atoms with E-state index in [1.165, 1.54) is 14.2 Å². The molecule has 0 aromatic heterocycles. The number of nitrogens with zero attached hydrogens (tertiary/aromatic N) is 1. The van der Waals surface area contributed by atoms with Gasteiger partial charge >= 0.3 is 5.97 Å². The van der Waals surface area contributed by atoms with Gasteiger partial charge in [-0.3, -0.25) is 19.3 Å². The molecular weight excluding hydrogens is 334 g/mol. The molecule has 0 N–H and O–H groups in total. The van der Waals surface area contributed by atoms with Crippen LogP contribution in [0.4, 0.5) is 4.79 Å². The van der Waals surface area contributed by atoms with E-state index in [0.717, 1.165) is 16.7 Å². The molecule has 0 unspecified atom stereocenters. The van der Waals surface area contributed by atoms with Crippen molar-refractivity contribution < 1.29 is 28.6 Å². The Hall–Kier alpha value is -2.48. The fourth-order valence-electron chi connectivity index (χ4n) is 2.03. The number of carbonyl (C=O) groups excluding carboxylic acids is 3. The zero-order valence-corrected chi connectivity index (χ0v) is 14.3. The van der Waals surface area contributed by atoms with Crippen LogP contribution in [0.3, 0.4) is 0 Å². The molecule has 2 amide bonds. The van der Waals surface area contributed by atoms with Gasteiger partial charge in [0.15, 0.2) is 11.5 Å². The summed E-state index contributed by atoms with van der Waals surface area (Å²) in [6, 6.07) is 5.19. The Kier molecular flexibility index (Phi) is 5.86. The average Bonchev–Trinajstić information content (AvgIpc) is 2.83. The minimum absolute atomic E-state index is 0.232. The highest BCUT2D eigenvalue weighted by Crippen LogP contribution is 2.34. The van der Waals surface area contributed by atoms with Crippen LogP contribution in [0.25, 0.3) is 6.08 Å². The van der Waals surface area contributed by atoms with Crippen molar-refractivity contribution >= 4 is 35.0 Å². The third-order valence-corrected chi connectivity index (χ3v) is 4.08. The lowest BCUT2D eigenvalue weighted by molar-refractivity contribution is -0.143. The number of imide groups is 1. The van der Waals surface area contributed by atoms with Gasteiger partial charge < -0.3 is 14.2 Å². The second-order valence-electron chi connectivity index (χ2n) is 4.69. The van der Waals surface area contributed by atoms with Crippen molar-refractivity contribution in [3.63, 3.8) is 0 Å². The quantitative estimate of drug-likeness (QED) is 0.574. The van der Waals surface area contributed by atoms with Crippen molar-refractivity contribution in [2.75, 3.05) is 27.4 Å². The molecule has 0 aliphatic carbocycles. The Balaban J connectivity index is 2.24. The molecule has 1 fully saturated rings. The van der Waals surface area contributed by atoms with Gasteiger partial charge in [-0.05, 0) is 42.5 Å². The maximum Gasteiger partial charge on any atom is 0.325 e. The Morgan fingerprint density at radius 2 is 2.00 bits per heavy atom. The van der Waals surface area contributed by atoms with Gasteiger partial charge in [0.05, 0.1) is 25.7 Å². The first-order valence-corrected chi connectivity index (χ1v) is 7.94. The first-order valence-electron chi connectivity index (χ1n) is 7.13. The van der Waals surface area contributed by atoms with E-state index in [2.05, 4.69) is 4.74 Å². The Morgan fingerprint density at radius 3 is 2.62 bits per heavy atom. The molecule has 0 radical (unpaired) electrons. The first-order chi connectivity index (χ1) is 11.5. The molecule has 7 nitrogen and oxygen atoms in total. The summed E-state index contributed by atoms with van der Waals surface area (Å²) in [5, 5.41) is -0.505. The number of amides is 2. The molecule has 1 aliphatic rings. The highest BCUT2D eigenvalue weighted by Gasteiger charge is 2.36. The minimum Gasteiger partial charge on any atom is -0.493 e. The topological polar surface area (TPSA) is 82.1 Å². The fourth-order valence-corrected chi connectivity index (χ4v) is 2.87. The lowest BCUT2D eigenvalue weighted by Gasteiger charge is -2.10. The Bertz CT molecular complexity index is 700. The van der Waals surface area contributed by atoms with Crippen molar-refractivity contribution in [3.05, 3.63) is 28.7 Å². The maximum absolute atomic E-state index is 12.2. The second kappa shape index (κ2) is 7.87. The third kappa shape index (κ3) is 3.88. The predicted molar refractivity (Wildman–Crippen MR) is 88.9 cm³/mol. The van der Waals surface area contributed by atoms with Gasteiger partial charge in [0.1, 0.15) is 6.54 Å². The van der Waals surface area contributed by atoms with E-state index < -0.39 is 23.7 Å². The number of thioether (sulfide) groups is 1. The zero-order valence-electron chi connectivity index (χ0n) is 13.5. The minimum atomic E-state index is -0.652. The van der Waals surface area contributed by atoms with E-state index >= 15 is 0 Å². The molecule has 1 heterocycles. The van der Waals surface area contributed by atoms with E-state index in [1.54, 1.807) is 24.3 Å². The van der Waals surface area contributed by atoms with E-state index in [9.17, 15) is 14.4 Å². The number of esters is 1. The first kappa shape index (κ1) is 17.9. The monoisotopic (exact) mass is 351 g/mol. The van der Waals surface area contributed by atoms with Gasteiger partial charge in [-0.25, -0.2) is 0 Å². The van der Waals surface area contributed by atoms with Crippen LogP contribution in [0.5, 0.6) is 11.5 Å². The SMILES string of the molecule is CCOc1ccc(/C=C2/SC(=O)N(CC(=O)OC)C2=O)cc1OC. The predicted octanol–water partition coefficient (Wildman–Crippen LogP) is 2.30. The molecule has 0 bridgehead atoms. The van der Waals surface area contributed by atoms with E-state index in [-0.39, 0.29) is 4.91 Å². The van der Waals surface area contributed by atoms with Crippen molar-refractivity contribution in [2.45, 2.75) is 6.92 Å². The number of ether oxygens (including phenoxy) is 3. The molecule has 128 valence electrons. The van der Waals surface area contributed by atoms with Gasteiger partial charge in [-0.1, -0.05) is 6.07 Å². The molecule has 1 aromatic carbocycles. The van der Waals surface area contributed by atoms with Crippen LogP contribution in [0.15, 0.2) is 23.1 Å². The van der Waals surface area contributed by atoms with Crippen LogP contribution in [-0.2, 0) is 14.3 Å². The zero-order chi connectivity index (χ0) is 17.7. The molecule has 0 spiro atoms. The molecule has 0 atom stereocenters. The summed E-state index contributed by atoms with van der Waals surface area (Å²) in [5.41, 5.74) is 0.680. The lowest BCUT2D eigenvalue weighted by Crippen LogP contribution is -2.34. The Morgan fingerprint density at radius 1 is 1.25 bits per heavy atom. The molecule has 1 aromatic rings. The van der Waals surface area contributed by atoms with Crippen LogP contribution >= 0.6 is 11.8 Å². The number of hydrogen-bond acceptors (Lipinski definition) is 7. The van der Waals surface area contributed by atoms with Crippen LogP contribution in [0.1, 0.15) is 12.5 Å². The van der Waals surface area contributed by atoms with E-state index in [4.69, 9.17) is 9.47 Å². The van der Waals surface area contributed by atoms with Crippen molar-refractivity contribution in [1.82, 2.24) is 4.90 Å². The van der Waals surface area contributed by atoms with Gasteiger partial charge in [0.25, 0.3) is 11.1 Å². The van der Waals surface area contributed by atoms with Crippen LogP contribution in [-0.4, -0.2) is 49.4 Å². The van der Waals surface area contributed by atoms with Crippen LogP contribution in [0, 0.1) is 0 Å². The van der Waals surface area contributed by atoms with Gasteiger partial charge in [0.2, 0.25) is 0 Å². The number of benzene rings is 1. The maximum atomic E-state index is 12.2. The van der Waals surface area contributed by atoms with Gasteiger partial charge in [0, 0.05) is 0 Å². The third-order valence-electron chi connectivity index (χ3n) is 3.17. The fraction of sp³-hybridized carbons (Fsp3) is 0.312.